The number of nitrogens with zero attached hydrogens (tertiary/aromatic N) is 3. The molecule has 2 aromatic heterocycles. The maximum atomic E-state index is 12.0. The summed E-state index contributed by atoms with van der Waals surface area (Å²) in [6.45, 7) is 1.50. The Kier molecular flexibility index (Phi) is 3.57. The van der Waals surface area contributed by atoms with E-state index >= 15 is 0 Å². The molecular weight excluding hydrogens is 300 g/mol. The van der Waals surface area contributed by atoms with Crippen LogP contribution in [-0.4, -0.2) is 40.2 Å². The summed E-state index contributed by atoms with van der Waals surface area (Å²) < 4.78 is 5.42. The van der Waals surface area contributed by atoms with E-state index in [9.17, 15) is 4.79 Å². The molecule has 0 aromatic carbocycles. The standard InChI is InChI=1S/C15H18N4O2S/c20-15(16-11-3-4-11)19-7-5-10(6-8-19)14-17-13(18-21-14)12-2-1-9-22-12/h1-2,9-11H,3-8H2,(H,16,20). The molecule has 4 rings (SSSR count). The SMILES string of the molecule is O=C(NC1CC1)N1CCC(c2nc(-c3cccs3)no2)CC1. The minimum Gasteiger partial charge on any atom is -0.339 e. The molecule has 2 aliphatic rings. The Labute approximate surface area is 132 Å². The van der Waals surface area contributed by atoms with Gasteiger partial charge in [0.2, 0.25) is 11.7 Å². The van der Waals surface area contributed by atoms with Gasteiger partial charge < -0.3 is 14.7 Å². The number of hydrogen-bond donors (Lipinski definition) is 1. The first-order valence-corrected chi connectivity index (χ1v) is 8.60. The van der Waals surface area contributed by atoms with Gasteiger partial charge in [-0.1, -0.05) is 11.2 Å². The summed E-state index contributed by atoms with van der Waals surface area (Å²) in [4.78, 5) is 19.5. The highest BCUT2D eigenvalue weighted by molar-refractivity contribution is 7.13. The summed E-state index contributed by atoms with van der Waals surface area (Å²) in [7, 11) is 0. The zero-order valence-electron chi connectivity index (χ0n) is 12.2. The van der Waals surface area contributed by atoms with Crippen LogP contribution in [0.15, 0.2) is 22.0 Å². The molecular formula is C15H18N4O2S. The number of piperidine rings is 1. The third-order valence-electron chi connectivity index (χ3n) is 4.22. The van der Waals surface area contributed by atoms with Crippen LogP contribution in [0.25, 0.3) is 10.7 Å². The van der Waals surface area contributed by atoms with Crippen LogP contribution < -0.4 is 5.32 Å². The molecule has 3 heterocycles. The quantitative estimate of drug-likeness (QED) is 0.944. The van der Waals surface area contributed by atoms with E-state index in [0.29, 0.717) is 17.8 Å². The Bertz CT molecular complexity index is 642. The van der Waals surface area contributed by atoms with Crippen molar-refractivity contribution in [3.8, 4) is 10.7 Å². The van der Waals surface area contributed by atoms with Gasteiger partial charge in [-0.3, -0.25) is 0 Å². The molecule has 2 amide bonds. The molecule has 1 aliphatic heterocycles. The van der Waals surface area contributed by atoms with Crippen molar-refractivity contribution in [1.82, 2.24) is 20.4 Å². The van der Waals surface area contributed by atoms with Crippen molar-refractivity contribution in [3.05, 3.63) is 23.4 Å². The van der Waals surface area contributed by atoms with Crippen molar-refractivity contribution < 1.29 is 9.32 Å². The summed E-state index contributed by atoms with van der Waals surface area (Å²) in [6.07, 6.45) is 4.00. The van der Waals surface area contributed by atoms with Crippen molar-refractivity contribution in [2.24, 2.45) is 0 Å². The second kappa shape index (κ2) is 5.72. The molecule has 0 spiro atoms. The van der Waals surface area contributed by atoms with E-state index in [4.69, 9.17) is 4.52 Å². The first-order chi connectivity index (χ1) is 10.8. The fourth-order valence-corrected chi connectivity index (χ4v) is 3.38. The number of rotatable bonds is 3. The lowest BCUT2D eigenvalue weighted by Gasteiger charge is -2.30. The summed E-state index contributed by atoms with van der Waals surface area (Å²) in [5.41, 5.74) is 0. The number of likely N-dealkylation sites (tertiary alicyclic amines) is 1. The second-order valence-corrected chi connectivity index (χ2v) is 6.87. The molecule has 0 bridgehead atoms. The van der Waals surface area contributed by atoms with Gasteiger partial charge in [0, 0.05) is 25.0 Å². The van der Waals surface area contributed by atoms with Crippen LogP contribution in [0.2, 0.25) is 0 Å². The Morgan fingerprint density at radius 2 is 2.14 bits per heavy atom. The largest absolute Gasteiger partial charge is 0.339 e. The number of nitrogens with one attached hydrogen (secondary N) is 1. The van der Waals surface area contributed by atoms with Gasteiger partial charge in [0.1, 0.15) is 0 Å². The number of carbonyl (C=O) groups excluding carboxylic acids is 1. The molecule has 1 saturated carbocycles. The summed E-state index contributed by atoms with van der Waals surface area (Å²) in [6, 6.07) is 4.46. The Hall–Kier alpha value is -1.89. The number of thiophene rings is 1. The molecule has 22 heavy (non-hydrogen) atoms. The number of urea groups is 1. The van der Waals surface area contributed by atoms with Crippen molar-refractivity contribution in [2.45, 2.75) is 37.6 Å². The second-order valence-electron chi connectivity index (χ2n) is 5.92. The lowest BCUT2D eigenvalue weighted by molar-refractivity contribution is 0.175. The number of aromatic nitrogens is 2. The number of hydrogen-bond acceptors (Lipinski definition) is 5. The molecule has 2 fully saturated rings. The topological polar surface area (TPSA) is 71.3 Å². The van der Waals surface area contributed by atoms with Crippen LogP contribution in [0.5, 0.6) is 0 Å². The average Bonchev–Trinajstić information content (AvgIpc) is 3.05. The third kappa shape index (κ3) is 2.85. The van der Waals surface area contributed by atoms with Crippen LogP contribution in [0.1, 0.15) is 37.5 Å². The summed E-state index contributed by atoms with van der Waals surface area (Å²) in [5, 5.41) is 9.11. The predicted octanol–water partition coefficient (Wildman–Crippen LogP) is 2.85. The van der Waals surface area contributed by atoms with Crippen molar-refractivity contribution in [1.29, 1.82) is 0 Å². The van der Waals surface area contributed by atoms with Crippen LogP contribution in [-0.2, 0) is 0 Å². The smallest absolute Gasteiger partial charge is 0.317 e. The monoisotopic (exact) mass is 318 g/mol. The first-order valence-electron chi connectivity index (χ1n) is 7.72. The van der Waals surface area contributed by atoms with Crippen LogP contribution in [0, 0.1) is 0 Å². The van der Waals surface area contributed by atoms with Crippen LogP contribution >= 0.6 is 11.3 Å². The highest BCUT2D eigenvalue weighted by atomic mass is 32.1. The van der Waals surface area contributed by atoms with E-state index in [0.717, 1.165) is 43.6 Å². The fourth-order valence-electron chi connectivity index (χ4n) is 2.73. The Morgan fingerprint density at radius 1 is 1.32 bits per heavy atom. The van der Waals surface area contributed by atoms with Gasteiger partial charge >= 0.3 is 6.03 Å². The zero-order valence-corrected chi connectivity index (χ0v) is 13.0. The molecule has 6 nitrogen and oxygen atoms in total. The number of carbonyl (C=O) groups is 1. The fraction of sp³-hybridized carbons (Fsp3) is 0.533. The zero-order chi connectivity index (χ0) is 14.9. The van der Waals surface area contributed by atoms with Crippen molar-refractivity contribution >= 4 is 17.4 Å². The molecule has 0 unspecified atom stereocenters. The first kappa shape index (κ1) is 13.8. The lowest BCUT2D eigenvalue weighted by atomic mass is 9.97. The van der Waals surface area contributed by atoms with E-state index in [1.54, 1.807) is 11.3 Å². The predicted molar refractivity (Wildman–Crippen MR) is 82.7 cm³/mol. The highest BCUT2D eigenvalue weighted by Gasteiger charge is 2.30. The van der Waals surface area contributed by atoms with Gasteiger partial charge in [0.15, 0.2) is 0 Å². The highest BCUT2D eigenvalue weighted by Crippen LogP contribution is 2.30. The van der Waals surface area contributed by atoms with Crippen molar-refractivity contribution in [3.63, 3.8) is 0 Å². The van der Waals surface area contributed by atoms with Gasteiger partial charge in [-0.05, 0) is 37.1 Å². The molecule has 0 atom stereocenters. The Morgan fingerprint density at radius 3 is 2.82 bits per heavy atom. The van der Waals surface area contributed by atoms with E-state index in [1.165, 1.54) is 0 Å². The van der Waals surface area contributed by atoms with Gasteiger partial charge in [-0.2, -0.15) is 4.98 Å². The molecule has 1 aliphatic carbocycles. The van der Waals surface area contributed by atoms with Gasteiger partial charge in [0.05, 0.1) is 4.88 Å². The maximum Gasteiger partial charge on any atom is 0.317 e. The average molecular weight is 318 g/mol. The van der Waals surface area contributed by atoms with E-state index in [1.807, 2.05) is 22.4 Å². The van der Waals surface area contributed by atoms with Gasteiger partial charge in [-0.25, -0.2) is 4.79 Å². The molecule has 2 aromatic rings. The van der Waals surface area contributed by atoms with Gasteiger partial charge in [0.25, 0.3) is 0 Å². The number of amides is 2. The normalized spacial score (nSPS) is 19.4. The summed E-state index contributed by atoms with van der Waals surface area (Å²) in [5.74, 6) is 1.62. The van der Waals surface area contributed by atoms with Gasteiger partial charge in [-0.15, -0.1) is 11.3 Å². The van der Waals surface area contributed by atoms with E-state index in [2.05, 4.69) is 15.5 Å². The molecule has 7 heteroatoms. The minimum absolute atomic E-state index is 0.0748. The molecule has 1 saturated heterocycles. The third-order valence-corrected chi connectivity index (χ3v) is 5.09. The molecule has 0 radical (unpaired) electrons. The van der Waals surface area contributed by atoms with Crippen LogP contribution in [0.4, 0.5) is 4.79 Å². The van der Waals surface area contributed by atoms with E-state index in [-0.39, 0.29) is 11.9 Å². The molecule has 116 valence electrons. The lowest BCUT2D eigenvalue weighted by Crippen LogP contribution is -2.44. The molecule has 1 N–H and O–H groups in total. The van der Waals surface area contributed by atoms with E-state index < -0.39 is 0 Å². The van der Waals surface area contributed by atoms with Crippen molar-refractivity contribution in [2.75, 3.05) is 13.1 Å². The minimum atomic E-state index is 0.0748. The maximum absolute atomic E-state index is 12.0. The summed E-state index contributed by atoms with van der Waals surface area (Å²) >= 11 is 1.61. The van der Waals surface area contributed by atoms with Crippen LogP contribution in [0.3, 0.4) is 0 Å². The Balaban J connectivity index is 1.36.